The van der Waals surface area contributed by atoms with Crippen LogP contribution in [0.15, 0.2) is 54.6 Å². The molecule has 2 rings (SSSR count). The third kappa shape index (κ3) is 3.10. The van der Waals surface area contributed by atoms with Crippen molar-refractivity contribution >= 4 is 11.6 Å². The Morgan fingerprint density at radius 1 is 1.00 bits per heavy atom. The molecule has 18 heavy (non-hydrogen) atoms. The molecule has 3 nitrogen and oxygen atoms in total. The minimum atomic E-state index is -0.0652. The first kappa shape index (κ1) is 12.2. The van der Waals surface area contributed by atoms with Crippen LogP contribution in [0.25, 0.3) is 0 Å². The molecule has 2 aromatic carbocycles. The maximum absolute atomic E-state index is 11.4. The van der Waals surface area contributed by atoms with Gasteiger partial charge in [0.1, 0.15) is 0 Å². The summed E-state index contributed by atoms with van der Waals surface area (Å²) < 4.78 is 0. The van der Waals surface area contributed by atoms with Crippen molar-refractivity contribution in [3.63, 3.8) is 0 Å². The van der Waals surface area contributed by atoms with E-state index >= 15 is 0 Å². The van der Waals surface area contributed by atoms with E-state index in [0.29, 0.717) is 5.56 Å². The highest BCUT2D eigenvalue weighted by molar-refractivity contribution is 5.94. The predicted octanol–water partition coefficient (Wildman–Crippen LogP) is 2.66. The largest absolute Gasteiger partial charge is 0.381 e. The molecule has 0 radical (unpaired) electrons. The van der Waals surface area contributed by atoms with Crippen LogP contribution in [0.4, 0.5) is 5.69 Å². The molecule has 0 unspecified atom stereocenters. The fourth-order valence-electron chi connectivity index (χ4n) is 1.68. The van der Waals surface area contributed by atoms with Crippen LogP contribution < -0.4 is 10.6 Å². The van der Waals surface area contributed by atoms with Crippen molar-refractivity contribution in [1.29, 1.82) is 0 Å². The SMILES string of the molecule is CNC(=O)c1ccc(NCc2ccccc2)cc1. The van der Waals surface area contributed by atoms with Crippen LogP contribution in [0.2, 0.25) is 0 Å². The maximum Gasteiger partial charge on any atom is 0.251 e. The Bertz CT molecular complexity index is 506. The standard InChI is InChI=1S/C15H16N2O/c1-16-15(18)13-7-9-14(10-8-13)17-11-12-5-3-2-4-6-12/h2-10,17H,11H2,1H3,(H,16,18). The van der Waals surface area contributed by atoms with E-state index in [0.717, 1.165) is 12.2 Å². The molecule has 0 spiro atoms. The molecule has 2 N–H and O–H groups in total. The summed E-state index contributed by atoms with van der Waals surface area (Å²) in [5.74, 6) is -0.0652. The van der Waals surface area contributed by atoms with Crippen molar-refractivity contribution in [3.05, 3.63) is 65.7 Å². The number of anilines is 1. The highest BCUT2D eigenvalue weighted by Gasteiger charge is 2.01. The third-order valence-corrected chi connectivity index (χ3v) is 2.71. The van der Waals surface area contributed by atoms with E-state index in [1.54, 1.807) is 7.05 Å². The van der Waals surface area contributed by atoms with Gasteiger partial charge in [-0.05, 0) is 29.8 Å². The highest BCUT2D eigenvalue weighted by Crippen LogP contribution is 2.11. The van der Waals surface area contributed by atoms with E-state index in [1.165, 1.54) is 5.56 Å². The molecule has 0 fully saturated rings. The quantitative estimate of drug-likeness (QED) is 0.862. The van der Waals surface area contributed by atoms with Crippen molar-refractivity contribution in [2.75, 3.05) is 12.4 Å². The van der Waals surface area contributed by atoms with Gasteiger partial charge in [-0.1, -0.05) is 30.3 Å². The lowest BCUT2D eigenvalue weighted by molar-refractivity contribution is 0.0963. The van der Waals surface area contributed by atoms with Crippen LogP contribution in [-0.4, -0.2) is 13.0 Å². The molecule has 0 aliphatic carbocycles. The topological polar surface area (TPSA) is 41.1 Å². The van der Waals surface area contributed by atoms with Gasteiger partial charge in [0.15, 0.2) is 0 Å². The summed E-state index contributed by atoms with van der Waals surface area (Å²) in [6.45, 7) is 0.778. The smallest absolute Gasteiger partial charge is 0.251 e. The minimum absolute atomic E-state index is 0.0652. The second kappa shape index (κ2) is 5.87. The van der Waals surface area contributed by atoms with Crippen LogP contribution in [0.5, 0.6) is 0 Å². The van der Waals surface area contributed by atoms with Gasteiger partial charge < -0.3 is 10.6 Å². The number of amides is 1. The zero-order chi connectivity index (χ0) is 12.8. The van der Waals surface area contributed by atoms with Gasteiger partial charge in [0.05, 0.1) is 0 Å². The summed E-state index contributed by atoms with van der Waals surface area (Å²) in [4.78, 5) is 11.4. The van der Waals surface area contributed by atoms with Crippen LogP contribution in [0.1, 0.15) is 15.9 Å². The van der Waals surface area contributed by atoms with Crippen molar-refractivity contribution in [1.82, 2.24) is 5.32 Å². The van der Waals surface area contributed by atoms with E-state index in [1.807, 2.05) is 42.5 Å². The van der Waals surface area contributed by atoms with E-state index in [4.69, 9.17) is 0 Å². The molecule has 3 heteroatoms. The minimum Gasteiger partial charge on any atom is -0.381 e. The number of rotatable bonds is 4. The fourth-order valence-corrected chi connectivity index (χ4v) is 1.68. The molecule has 0 saturated heterocycles. The Morgan fingerprint density at radius 3 is 2.28 bits per heavy atom. The second-order valence-electron chi connectivity index (χ2n) is 4.00. The van der Waals surface area contributed by atoms with Gasteiger partial charge in [-0.25, -0.2) is 0 Å². The first-order chi connectivity index (χ1) is 8.79. The Kier molecular flexibility index (Phi) is 3.97. The molecule has 0 aromatic heterocycles. The zero-order valence-corrected chi connectivity index (χ0v) is 10.3. The maximum atomic E-state index is 11.4. The average Bonchev–Trinajstić information content (AvgIpc) is 2.46. The summed E-state index contributed by atoms with van der Waals surface area (Å²) in [6.07, 6.45) is 0. The van der Waals surface area contributed by atoms with Gasteiger partial charge in [-0.2, -0.15) is 0 Å². The van der Waals surface area contributed by atoms with Crippen LogP contribution in [-0.2, 0) is 6.54 Å². The van der Waals surface area contributed by atoms with Gasteiger partial charge in [0.25, 0.3) is 5.91 Å². The monoisotopic (exact) mass is 240 g/mol. The van der Waals surface area contributed by atoms with E-state index in [2.05, 4.69) is 22.8 Å². The summed E-state index contributed by atoms with van der Waals surface area (Å²) >= 11 is 0. The lowest BCUT2D eigenvalue weighted by Crippen LogP contribution is -2.17. The molecule has 0 atom stereocenters. The first-order valence-electron chi connectivity index (χ1n) is 5.89. The van der Waals surface area contributed by atoms with E-state index in [9.17, 15) is 4.79 Å². The molecule has 0 aliphatic rings. The van der Waals surface area contributed by atoms with Crippen LogP contribution >= 0.6 is 0 Å². The fraction of sp³-hybridized carbons (Fsp3) is 0.133. The summed E-state index contributed by atoms with van der Waals surface area (Å²) in [7, 11) is 1.63. The number of carbonyl (C=O) groups is 1. The highest BCUT2D eigenvalue weighted by atomic mass is 16.1. The molecule has 1 amide bonds. The first-order valence-corrected chi connectivity index (χ1v) is 5.89. The molecule has 0 saturated carbocycles. The van der Waals surface area contributed by atoms with Gasteiger partial charge >= 0.3 is 0 Å². The van der Waals surface area contributed by atoms with E-state index < -0.39 is 0 Å². The van der Waals surface area contributed by atoms with Gasteiger partial charge in [-0.15, -0.1) is 0 Å². The Morgan fingerprint density at radius 2 is 1.67 bits per heavy atom. The van der Waals surface area contributed by atoms with Crippen LogP contribution in [0.3, 0.4) is 0 Å². The predicted molar refractivity (Wildman–Crippen MR) is 73.6 cm³/mol. The number of nitrogens with one attached hydrogen (secondary N) is 2. The van der Waals surface area contributed by atoms with Gasteiger partial charge in [0, 0.05) is 24.8 Å². The van der Waals surface area contributed by atoms with Gasteiger partial charge in [0.2, 0.25) is 0 Å². The zero-order valence-electron chi connectivity index (χ0n) is 10.3. The molecule has 92 valence electrons. The van der Waals surface area contributed by atoms with E-state index in [-0.39, 0.29) is 5.91 Å². The average molecular weight is 240 g/mol. The van der Waals surface area contributed by atoms with Crippen molar-refractivity contribution < 1.29 is 4.79 Å². The lowest BCUT2D eigenvalue weighted by Gasteiger charge is -2.07. The number of hydrogen-bond acceptors (Lipinski definition) is 2. The number of hydrogen-bond donors (Lipinski definition) is 2. The number of benzene rings is 2. The van der Waals surface area contributed by atoms with Crippen LogP contribution in [0, 0.1) is 0 Å². The summed E-state index contributed by atoms with van der Waals surface area (Å²) in [6, 6.07) is 17.6. The van der Waals surface area contributed by atoms with Crippen molar-refractivity contribution in [2.24, 2.45) is 0 Å². The Hall–Kier alpha value is -2.29. The molecule has 0 bridgehead atoms. The number of carbonyl (C=O) groups excluding carboxylic acids is 1. The Balaban J connectivity index is 1.97. The lowest BCUT2D eigenvalue weighted by atomic mass is 10.2. The molecular formula is C15H16N2O. The normalized spacial score (nSPS) is 9.83. The second-order valence-corrected chi connectivity index (χ2v) is 4.00. The van der Waals surface area contributed by atoms with Crippen molar-refractivity contribution in [3.8, 4) is 0 Å². The summed E-state index contributed by atoms with van der Waals surface area (Å²) in [5.41, 5.74) is 2.90. The molecule has 0 heterocycles. The summed E-state index contributed by atoms with van der Waals surface area (Å²) in [5, 5.41) is 5.91. The molecular weight excluding hydrogens is 224 g/mol. The Labute approximate surface area is 107 Å². The van der Waals surface area contributed by atoms with Gasteiger partial charge in [-0.3, -0.25) is 4.79 Å². The van der Waals surface area contributed by atoms with Crippen molar-refractivity contribution in [2.45, 2.75) is 6.54 Å². The molecule has 2 aromatic rings. The third-order valence-electron chi connectivity index (χ3n) is 2.71. The molecule has 0 aliphatic heterocycles.